The van der Waals surface area contributed by atoms with Crippen LogP contribution in [0.2, 0.25) is 0 Å². The molecule has 3 heteroatoms. The van der Waals surface area contributed by atoms with Gasteiger partial charge in [0, 0.05) is 17.1 Å². The molecule has 0 N–H and O–H groups in total. The summed E-state index contributed by atoms with van der Waals surface area (Å²) in [6.07, 6.45) is 1.99. The summed E-state index contributed by atoms with van der Waals surface area (Å²) in [5.41, 5.74) is -0.365. The minimum Gasteiger partial charge on any atom is -0.303 e. The summed E-state index contributed by atoms with van der Waals surface area (Å²) in [6.45, 7) is 7.79. The molecule has 0 unspecified atom stereocenters. The molecular formula is C10H18O2S. The fraction of sp³-hybridized carbons (Fsp3) is 0.800. The Balaban J connectivity index is 4.10. The first-order valence-electron chi connectivity index (χ1n) is 4.55. The van der Waals surface area contributed by atoms with Crippen LogP contribution in [0.1, 0.15) is 40.5 Å². The second-order valence-electron chi connectivity index (χ2n) is 4.04. The summed E-state index contributed by atoms with van der Waals surface area (Å²) in [4.78, 5) is 21.8. The molecule has 0 aliphatic carbocycles. The van der Waals surface area contributed by atoms with Gasteiger partial charge in [0.05, 0.1) is 0 Å². The van der Waals surface area contributed by atoms with E-state index in [-0.39, 0.29) is 10.5 Å². The highest BCUT2D eigenvalue weighted by Gasteiger charge is 2.27. The van der Waals surface area contributed by atoms with Gasteiger partial charge in [0.2, 0.25) is 0 Å². The third-order valence-corrected chi connectivity index (χ3v) is 3.02. The monoisotopic (exact) mass is 202 g/mol. The second kappa shape index (κ2) is 5.43. The van der Waals surface area contributed by atoms with Gasteiger partial charge in [-0.3, -0.25) is 4.79 Å². The van der Waals surface area contributed by atoms with Crippen molar-refractivity contribution in [2.75, 3.05) is 0 Å². The lowest BCUT2D eigenvalue weighted by Crippen LogP contribution is -2.22. The van der Waals surface area contributed by atoms with Gasteiger partial charge >= 0.3 is 0 Å². The lowest BCUT2D eigenvalue weighted by atomic mass is 9.90. The SMILES string of the molecule is CC(C)SC(=O)C(C)(C)CCC=O. The predicted molar refractivity (Wildman–Crippen MR) is 56.8 cm³/mol. The average Bonchev–Trinajstić information content (AvgIpc) is 1.99. The first-order valence-corrected chi connectivity index (χ1v) is 5.43. The third kappa shape index (κ3) is 5.09. The van der Waals surface area contributed by atoms with Crippen LogP contribution in [-0.2, 0) is 9.59 Å². The van der Waals surface area contributed by atoms with Crippen molar-refractivity contribution in [3.05, 3.63) is 0 Å². The fourth-order valence-electron chi connectivity index (χ4n) is 0.895. The Morgan fingerprint density at radius 1 is 1.46 bits per heavy atom. The van der Waals surface area contributed by atoms with E-state index in [2.05, 4.69) is 0 Å². The van der Waals surface area contributed by atoms with Gasteiger partial charge in [0.1, 0.15) is 6.29 Å². The molecule has 0 rings (SSSR count). The summed E-state index contributed by atoms with van der Waals surface area (Å²) in [7, 11) is 0. The maximum Gasteiger partial charge on any atom is 0.194 e. The van der Waals surface area contributed by atoms with Crippen LogP contribution in [0.15, 0.2) is 0 Å². The van der Waals surface area contributed by atoms with Gasteiger partial charge < -0.3 is 4.79 Å². The van der Waals surface area contributed by atoms with Gasteiger partial charge in [-0.1, -0.05) is 39.5 Å². The molecule has 0 saturated carbocycles. The van der Waals surface area contributed by atoms with Crippen molar-refractivity contribution in [3.8, 4) is 0 Å². The van der Waals surface area contributed by atoms with Crippen LogP contribution in [-0.4, -0.2) is 16.7 Å². The highest BCUT2D eigenvalue weighted by atomic mass is 32.2. The highest BCUT2D eigenvalue weighted by molar-refractivity contribution is 8.14. The van der Waals surface area contributed by atoms with Crippen molar-refractivity contribution >= 4 is 23.2 Å². The number of hydrogen-bond acceptors (Lipinski definition) is 3. The van der Waals surface area contributed by atoms with Crippen molar-refractivity contribution in [3.63, 3.8) is 0 Å². The average molecular weight is 202 g/mol. The van der Waals surface area contributed by atoms with Gasteiger partial charge in [0.25, 0.3) is 0 Å². The molecule has 76 valence electrons. The van der Waals surface area contributed by atoms with Crippen molar-refractivity contribution in [1.29, 1.82) is 0 Å². The molecule has 0 radical (unpaired) electrons. The van der Waals surface area contributed by atoms with Gasteiger partial charge in [-0.2, -0.15) is 0 Å². The lowest BCUT2D eigenvalue weighted by molar-refractivity contribution is -0.118. The molecule has 0 aromatic carbocycles. The van der Waals surface area contributed by atoms with Crippen molar-refractivity contribution in [2.45, 2.75) is 45.8 Å². The summed E-state index contributed by atoms with van der Waals surface area (Å²) in [5, 5.41) is 0.507. The van der Waals surface area contributed by atoms with E-state index in [4.69, 9.17) is 0 Å². The number of carbonyl (C=O) groups is 2. The number of carbonyl (C=O) groups excluding carboxylic acids is 2. The number of hydrogen-bond donors (Lipinski definition) is 0. The molecule has 0 aliphatic rings. The molecule has 0 aliphatic heterocycles. The zero-order chi connectivity index (χ0) is 10.5. The molecular weight excluding hydrogens is 184 g/mol. The molecule has 0 saturated heterocycles. The van der Waals surface area contributed by atoms with E-state index >= 15 is 0 Å². The van der Waals surface area contributed by atoms with E-state index in [1.54, 1.807) is 0 Å². The van der Waals surface area contributed by atoms with Crippen LogP contribution in [0.3, 0.4) is 0 Å². The largest absolute Gasteiger partial charge is 0.303 e. The normalized spacial score (nSPS) is 11.8. The summed E-state index contributed by atoms with van der Waals surface area (Å²) < 4.78 is 0. The Hall–Kier alpha value is -0.310. The molecule has 2 nitrogen and oxygen atoms in total. The van der Waals surface area contributed by atoms with Crippen molar-refractivity contribution < 1.29 is 9.59 Å². The quantitative estimate of drug-likeness (QED) is 0.643. The fourth-order valence-corrected chi connectivity index (χ4v) is 1.74. The van der Waals surface area contributed by atoms with Crippen molar-refractivity contribution in [1.82, 2.24) is 0 Å². The Bertz CT molecular complexity index is 185. The van der Waals surface area contributed by atoms with Crippen LogP contribution in [0.5, 0.6) is 0 Å². The minimum absolute atomic E-state index is 0.185. The summed E-state index contributed by atoms with van der Waals surface area (Å²) in [5.74, 6) is 0. The molecule has 0 fully saturated rings. The molecule has 13 heavy (non-hydrogen) atoms. The summed E-state index contributed by atoms with van der Waals surface area (Å²) >= 11 is 1.36. The first kappa shape index (κ1) is 12.7. The number of thioether (sulfide) groups is 1. The van der Waals surface area contributed by atoms with E-state index in [0.29, 0.717) is 18.1 Å². The van der Waals surface area contributed by atoms with Crippen LogP contribution >= 0.6 is 11.8 Å². The van der Waals surface area contributed by atoms with Gasteiger partial charge in [-0.05, 0) is 6.42 Å². The smallest absolute Gasteiger partial charge is 0.194 e. The zero-order valence-corrected chi connectivity index (χ0v) is 9.61. The molecule has 0 bridgehead atoms. The maximum absolute atomic E-state index is 11.6. The van der Waals surface area contributed by atoms with Gasteiger partial charge in [0.15, 0.2) is 5.12 Å². The Kier molecular flexibility index (Phi) is 5.30. The van der Waals surface area contributed by atoms with Crippen LogP contribution < -0.4 is 0 Å². The highest BCUT2D eigenvalue weighted by Crippen LogP contribution is 2.30. The van der Waals surface area contributed by atoms with E-state index in [1.807, 2.05) is 27.7 Å². The second-order valence-corrected chi connectivity index (χ2v) is 5.59. The molecule has 0 amide bonds. The lowest BCUT2D eigenvalue weighted by Gasteiger charge is -2.22. The molecule has 0 atom stereocenters. The van der Waals surface area contributed by atoms with E-state index in [9.17, 15) is 9.59 Å². The predicted octanol–water partition coefficient (Wildman–Crippen LogP) is 2.66. The maximum atomic E-state index is 11.6. The Morgan fingerprint density at radius 3 is 2.38 bits per heavy atom. The molecule has 0 aromatic rings. The topological polar surface area (TPSA) is 34.1 Å². The van der Waals surface area contributed by atoms with Crippen LogP contribution in [0.25, 0.3) is 0 Å². The van der Waals surface area contributed by atoms with Gasteiger partial charge in [-0.15, -0.1) is 0 Å². The van der Waals surface area contributed by atoms with E-state index < -0.39 is 0 Å². The Morgan fingerprint density at radius 2 is 2.00 bits per heavy atom. The van der Waals surface area contributed by atoms with Gasteiger partial charge in [-0.25, -0.2) is 0 Å². The molecule has 0 heterocycles. The van der Waals surface area contributed by atoms with E-state index in [0.717, 1.165) is 6.29 Å². The molecule has 0 spiro atoms. The van der Waals surface area contributed by atoms with Crippen molar-refractivity contribution in [2.24, 2.45) is 5.41 Å². The van der Waals surface area contributed by atoms with E-state index in [1.165, 1.54) is 11.8 Å². The van der Waals surface area contributed by atoms with Crippen LogP contribution in [0.4, 0.5) is 0 Å². The van der Waals surface area contributed by atoms with Crippen LogP contribution in [0, 0.1) is 5.41 Å². The summed E-state index contributed by atoms with van der Waals surface area (Å²) in [6, 6.07) is 0. The zero-order valence-electron chi connectivity index (χ0n) is 8.79. The Labute approximate surface area is 84.5 Å². The minimum atomic E-state index is -0.365. The first-order chi connectivity index (χ1) is 5.90. The number of rotatable bonds is 5. The number of aldehydes is 1. The molecule has 0 aromatic heterocycles. The third-order valence-electron chi connectivity index (χ3n) is 1.78. The standard InChI is InChI=1S/C10H18O2S/c1-8(2)13-9(12)10(3,4)6-5-7-11/h7-8H,5-6H2,1-4H3.